The smallest absolute Gasteiger partial charge is 0.188 e. The molecule has 1 aromatic heterocycles. The number of ketones is 1. The zero-order chi connectivity index (χ0) is 12.6. The molecule has 1 fully saturated rings. The minimum Gasteiger partial charge on any atom is -0.493 e. The highest BCUT2D eigenvalue weighted by molar-refractivity contribution is 7.91. The van der Waals surface area contributed by atoms with Gasteiger partial charge in [0.2, 0.25) is 0 Å². The third-order valence-corrected chi connectivity index (χ3v) is 4.73. The number of carbonyl (C=O) groups is 1. The molecule has 17 heavy (non-hydrogen) atoms. The number of carbonyl (C=O) groups excluding carboxylic acids is 1. The van der Waals surface area contributed by atoms with Crippen molar-refractivity contribution in [2.75, 3.05) is 18.6 Å². The van der Waals surface area contributed by atoms with Crippen molar-refractivity contribution in [3.05, 3.63) is 11.9 Å². The Hall–Kier alpha value is -1.37. The van der Waals surface area contributed by atoms with Gasteiger partial charge in [0, 0.05) is 13.0 Å². The summed E-state index contributed by atoms with van der Waals surface area (Å²) in [5.41, 5.74) is 0.342. The lowest BCUT2D eigenvalue weighted by atomic mass is 10.0. The Kier molecular flexibility index (Phi) is 2.94. The maximum atomic E-state index is 12.2. The molecule has 94 valence electrons. The van der Waals surface area contributed by atoms with Gasteiger partial charge in [0.25, 0.3) is 0 Å². The first kappa shape index (κ1) is 12.1. The number of sulfone groups is 1. The van der Waals surface area contributed by atoms with Crippen LogP contribution < -0.4 is 4.74 Å². The molecule has 1 unspecified atom stereocenters. The monoisotopic (exact) mass is 258 g/mol. The molecule has 2 rings (SSSR count). The van der Waals surface area contributed by atoms with E-state index < -0.39 is 15.8 Å². The summed E-state index contributed by atoms with van der Waals surface area (Å²) in [6.07, 6.45) is 1.84. The zero-order valence-electron chi connectivity index (χ0n) is 9.71. The Balaban J connectivity index is 2.29. The van der Waals surface area contributed by atoms with E-state index >= 15 is 0 Å². The topological polar surface area (TPSA) is 78.3 Å². The fraction of sp³-hybridized carbons (Fsp3) is 0.600. The van der Waals surface area contributed by atoms with Gasteiger partial charge in [0.15, 0.2) is 21.4 Å². The maximum absolute atomic E-state index is 12.2. The average molecular weight is 258 g/mol. The second-order valence-electron chi connectivity index (χ2n) is 4.15. The van der Waals surface area contributed by atoms with Crippen LogP contribution in [-0.2, 0) is 16.9 Å². The van der Waals surface area contributed by atoms with Crippen LogP contribution in [0.25, 0.3) is 0 Å². The van der Waals surface area contributed by atoms with Crippen molar-refractivity contribution in [3.8, 4) is 5.75 Å². The quantitative estimate of drug-likeness (QED) is 0.716. The number of methoxy groups -OCH3 is 1. The lowest BCUT2D eigenvalue weighted by Crippen LogP contribution is -2.19. The Morgan fingerprint density at radius 2 is 2.29 bits per heavy atom. The van der Waals surface area contributed by atoms with Crippen molar-refractivity contribution in [2.45, 2.75) is 6.42 Å². The highest BCUT2D eigenvalue weighted by Crippen LogP contribution is 2.26. The maximum Gasteiger partial charge on any atom is 0.188 e. The van der Waals surface area contributed by atoms with E-state index in [1.54, 1.807) is 7.05 Å². The van der Waals surface area contributed by atoms with Gasteiger partial charge in [-0.05, 0) is 6.42 Å². The van der Waals surface area contributed by atoms with Gasteiger partial charge in [0.05, 0.1) is 24.8 Å². The van der Waals surface area contributed by atoms with Crippen LogP contribution in [0.5, 0.6) is 5.75 Å². The molecular formula is C10H14N2O4S. The van der Waals surface area contributed by atoms with Crippen LogP contribution in [0.4, 0.5) is 0 Å². The Morgan fingerprint density at radius 3 is 2.82 bits per heavy atom. The summed E-state index contributed by atoms with van der Waals surface area (Å²) >= 11 is 0. The Morgan fingerprint density at radius 1 is 1.59 bits per heavy atom. The van der Waals surface area contributed by atoms with E-state index in [2.05, 4.69) is 5.10 Å². The van der Waals surface area contributed by atoms with Gasteiger partial charge in [0.1, 0.15) is 5.69 Å². The predicted molar refractivity (Wildman–Crippen MR) is 60.9 cm³/mol. The number of hydrogen-bond acceptors (Lipinski definition) is 5. The number of aryl methyl sites for hydroxylation is 1. The molecule has 2 heterocycles. The first-order valence-corrected chi connectivity index (χ1v) is 7.07. The van der Waals surface area contributed by atoms with Gasteiger partial charge < -0.3 is 4.74 Å². The molecule has 1 aliphatic heterocycles. The van der Waals surface area contributed by atoms with Gasteiger partial charge >= 0.3 is 0 Å². The molecule has 0 aromatic carbocycles. The largest absolute Gasteiger partial charge is 0.493 e. The van der Waals surface area contributed by atoms with Gasteiger partial charge in [-0.1, -0.05) is 0 Å². The summed E-state index contributed by atoms with van der Waals surface area (Å²) in [4.78, 5) is 12.2. The number of rotatable bonds is 3. The minimum absolute atomic E-state index is 0.0693. The molecule has 1 atom stereocenters. The highest BCUT2D eigenvalue weighted by atomic mass is 32.2. The fourth-order valence-corrected chi connectivity index (χ4v) is 3.78. The first-order valence-electron chi connectivity index (χ1n) is 5.25. The van der Waals surface area contributed by atoms with Crippen LogP contribution in [0.3, 0.4) is 0 Å². The van der Waals surface area contributed by atoms with E-state index in [1.165, 1.54) is 18.0 Å². The summed E-state index contributed by atoms with van der Waals surface area (Å²) in [7, 11) is 0.0403. The van der Waals surface area contributed by atoms with E-state index in [1.807, 2.05) is 0 Å². The second kappa shape index (κ2) is 4.14. The van der Waals surface area contributed by atoms with E-state index in [-0.39, 0.29) is 17.3 Å². The molecule has 0 bridgehead atoms. The van der Waals surface area contributed by atoms with E-state index in [4.69, 9.17) is 4.74 Å². The van der Waals surface area contributed by atoms with Crippen LogP contribution >= 0.6 is 0 Å². The SMILES string of the molecule is COc1cnn(C)c1C(=O)C1CCS(=O)(=O)C1. The highest BCUT2D eigenvalue weighted by Gasteiger charge is 2.35. The van der Waals surface area contributed by atoms with Crippen LogP contribution in [0.1, 0.15) is 16.9 Å². The Bertz CT molecular complexity index is 547. The molecule has 1 aliphatic rings. The standard InChI is InChI=1S/C10H14N2O4S/c1-12-9(8(16-2)5-11-12)10(13)7-3-4-17(14,15)6-7/h5,7H,3-4,6H2,1-2H3. The number of Topliss-reactive ketones (excluding diaryl/α,β-unsaturated/α-hetero) is 1. The molecule has 1 saturated heterocycles. The molecule has 6 nitrogen and oxygen atoms in total. The van der Waals surface area contributed by atoms with Gasteiger partial charge in [-0.2, -0.15) is 5.10 Å². The van der Waals surface area contributed by atoms with Crippen molar-refractivity contribution in [1.82, 2.24) is 9.78 Å². The van der Waals surface area contributed by atoms with E-state index in [0.717, 1.165) is 0 Å². The third-order valence-electron chi connectivity index (χ3n) is 2.96. The van der Waals surface area contributed by atoms with Crippen molar-refractivity contribution >= 4 is 15.6 Å². The first-order chi connectivity index (χ1) is 7.94. The summed E-state index contributed by atoms with van der Waals surface area (Å²) in [6, 6.07) is 0. The van der Waals surface area contributed by atoms with Gasteiger partial charge in [-0.25, -0.2) is 8.42 Å². The Labute approximate surface area is 99.5 Å². The molecule has 0 saturated carbocycles. The molecule has 0 radical (unpaired) electrons. The molecule has 0 N–H and O–H groups in total. The summed E-state index contributed by atoms with van der Waals surface area (Å²) in [5.74, 6) is -0.266. The van der Waals surface area contributed by atoms with Crippen LogP contribution in [0, 0.1) is 5.92 Å². The molecule has 7 heteroatoms. The molecule has 0 aliphatic carbocycles. The molecule has 0 spiro atoms. The second-order valence-corrected chi connectivity index (χ2v) is 6.38. The fourth-order valence-electron chi connectivity index (χ4n) is 2.04. The lowest BCUT2D eigenvalue weighted by molar-refractivity contribution is 0.0920. The summed E-state index contributed by atoms with van der Waals surface area (Å²) in [6.45, 7) is 0. The number of hydrogen-bond donors (Lipinski definition) is 0. The van der Waals surface area contributed by atoms with E-state index in [9.17, 15) is 13.2 Å². The van der Waals surface area contributed by atoms with Crippen molar-refractivity contribution in [3.63, 3.8) is 0 Å². The molecule has 0 amide bonds. The zero-order valence-corrected chi connectivity index (χ0v) is 10.5. The number of ether oxygens (including phenoxy) is 1. The normalized spacial score (nSPS) is 22.6. The van der Waals surface area contributed by atoms with Gasteiger partial charge in [-0.3, -0.25) is 9.48 Å². The van der Waals surface area contributed by atoms with E-state index in [0.29, 0.717) is 17.9 Å². The summed E-state index contributed by atoms with van der Waals surface area (Å²) in [5, 5.41) is 3.94. The minimum atomic E-state index is -3.06. The predicted octanol–water partition coefficient (Wildman–Crippen LogP) is 0.0461. The van der Waals surface area contributed by atoms with Crippen molar-refractivity contribution in [1.29, 1.82) is 0 Å². The van der Waals surface area contributed by atoms with Crippen LogP contribution in [0.15, 0.2) is 6.20 Å². The molecular weight excluding hydrogens is 244 g/mol. The van der Waals surface area contributed by atoms with Crippen molar-refractivity contribution in [2.24, 2.45) is 13.0 Å². The lowest BCUT2D eigenvalue weighted by Gasteiger charge is -2.08. The average Bonchev–Trinajstić information content (AvgIpc) is 2.80. The van der Waals surface area contributed by atoms with Crippen molar-refractivity contribution < 1.29 is 17.9 Å². The number of nitrogens with zero attached hydrogens (tertiary/aromatic N) is 2. The number of aromatic nitrogens is 2. The van der Waals surface area contributed by atoms with Gasteiger partial charge in [-0.15, -0.1) is 0 Å². The van der Waals surface area contributed by atoms with Crippen LogP contribution in [0.2, 0.25) is 0 Å². The molecule has 1 aromatic rings. The third kappa shape index (κ3) is 2.19. The van der Waals surface area contributed by atoms with Crippen LogP contribution in [-0.4, -0.2) is 42.6 Å². The summed E-state index contributed by atoms with van der Waals surface area (Å²) < 4.78 is 29.2.